The molecule has 0 bridgehead atoms. The summed E-state index contributed by atoms with van der Waals surface area (Å²) in [5.74, 6) is 0.156. The number of allylic oxidation sites excluding steroid dienone is 2. The summed E-state index contributed by atoms with van der Waals surface area (Å²) in [6.07, 6.45) is 7.73. The first-order valence-corrected chi connectivity index (χ1v) is 10.3. The number of rotatable bonds is 9. The van der Waals surface area contributed by atoms with Crippen LogP contribution in [0.2, 0.25) is 5.02 Å². The minimum absolute atomic E-state index is 0.151. The lowest BCUT2D eigenvalue weighted by Gasteiger charge is -2.18. The van der Waals surface area contributed by atoms with Gasteiger partial charge >= 0.3 is 0 Å². The van der Waals surface area contributed by atoms with E-state index in [0.717, 1.165) is 12.8 Å². The Balaban J connectivity index is 1.98. The van der Waals surface area contributed by atoms with E-state index in [4.69, 9.17) is 22.1 Å². The minimum Gasteiger partial charge on any atom is -0.495 e. The van der Waals surface area contributed by atoms with E-state index in [1.54, 1.807) is 30.5 Å². The zero-order valence-corrected chi connectivity index (χ0v) is 18.1. The van der Waals surface area contributed by atoms with Crippen LogP contribution in [-0.4, -0.2) is 36.0 Å². The Kier molecular flexibility index (Phi) is 7.07. The number of pyridine rings is 1. The van der Waals surface area contributed by atoms with Crippen molar-refractivity contribution in [2.75, 3.05) is 7.11 Å². The summed E-state index contributed by atoms with van der Waals surface area (Å²) in [7, 11) is 1.45. The molecule has 0 spiro atoms. The number of hydrogen-bond donors (Lipinski definition) is 1. The number of carbonyl (C=O) groups is 2. The van der Waals surface area contributed by atoms with Crippen molar-refractivity contribution in [3.63, 3.8) is 0 Å². The highest BCUT2D eigenvalue weighted by atomic mass is 35.5. The van der Waals surface area contributed by atoms with E-state index in [1.165, 1.54) is 30.9 Å². The van der Waals surface area contributed by atoms with Crippen molar-refractivity contribution < 1.29 is 14.3 Å². The molecular weight excluding hydrogens is 418 g/mol. The highest BCUT2D eigenvalue weighted by molar-refractivity contribution is 6.31. The molecule has 7 nitrogen and oxygen atoms in total. The normalized spacial score (nSPS) is 15.1. The second-order valence-corrected chi connectivity index (χ2v) is 7.86. The molecule has 1 aromatic carbocycles. The number of methoxy groups -OCH3 is 1. The maximum absolute atomic E-state index is 12.9. The maximum Gasteiger partial charge on any atom is 0.252 e. The predicted molar refractivity (Wildman–Crippen MR) is 121 cm³/mol. The minimum atomic E-state index is -0.812. The number of halogens is 1. The number of ketones is 1. The van der Waals surface area contributed by atoms with E-state index < -0.39 is 11.6 Å². The fourth-order valence-corrected chi connectivity index (χ4v) is 3.39. The Morgan fingerprint density at radius 2 is 2.10 bits per heavy atom. The molecular formula is C23H24ClN3O4. The van der Waals surface area contributed by atoms with Crippen molar-refractivity contribution in [3.05, 3.63) is 63.2 Å². The van der Waals surface area contributed by atoms with E-state index >= 15 is 0 Å². The van der Waals surface area contributed by atoms with Crippen molar-refractivity contribution in [1.82, 2.24) is 4.57 Å². The molecule has 162 valence electrons. The average molecular weight is 442 g/mol. The highest BCUT2D eigenvalue weighted by Crippen LogP contribution is 2.34. The summed E-state index contributed by atoms with van der Waals surface area (Å²) in [5.41, 5.74) is 7.34. The fourth-order valence-electron chi connectivity index (χ4n) is 3.21. The van der Waals surface area contributed by atoms with Crippen LogP contribution in [0.3, 0.4) is 0 Å². The van der Waals surface area contributed by atoms with Crippen molar-refractivity contribution in [2.45, 2.75) is 38.3 Å². The van der Waals surface area contributed by atoms with Crippen molar-refractivity contribution in [3.8, 4) is 16.9 Å². The van der Waals surface area contributed by atoms with Crippen LogP contribution in [0.1, 0.15) is 42.6 Å². The Bertz CT molecular complexity index is 1120. The van der Waals surface area contributed by atoms with Gasteiger partial charge in [-0.1, -0.05) is 11.6 Å². The number of Topliss-reactive ketones (excluding diaryl/α,β-unsaturated/α-hetero) is 1. The fraction of sp³-hybridized carbons (Fsp3) is 0.304. The van der Waals surface area contributed by atoms with Gasteiger partial charge in [0, 0.05) is 40.5 Å². The number of nitrogens with zero attached hydrogens (tertiary/aromatic N) is 2. The first-order valence-electron chi connectivity index (χ1n) is 9.88. The Morgan fingerprint density at radius 3 is 2.71 bits per heavy atom. The number of benzene rings is 1. The van der Waals surface area contributed by atoms with Gasteiger partial charge in [0.25, 0.3) is 5.56 Å². The third kappa shape index (κ3) is 5.49. The quantitative estimate of drug-likeness (QED) is 0.364. The molecule has 2 N–H and O–H groups in total. The van der Waals surface area contributed by atoms with Crippen LogP contribution in [0.25, 0.3) is 11.1 Å². The van der Waals surface area contributed by atoms with Crippen LogP contribution >= 0.6 is 11.6 Å². The summed E-state index contributed by atoms with van der Waals surface area (Å²) in [6, 6.07) is 5.72. The molecule has 1 saturated carbocycles. The summed E-state index contributed by atoms with van der Waals surface area (Å²) < 4.78 is 6.74. The number of nitrogens with two attached hydrogens (primary N) is 1. The summed E-state index contributed by atoms with van der Waals surface area (Å²) >= 11 is 6.12. The summed E-state index contributed by atoms with van der Waals surface area (Å²) in [5, 5.41) is 0.419. The molecule has 1 fully saturated rings. The van der Waals surface area contributed by atoms with E-state index in [1.807, 2.05) is 0 Å². The van der Waals surface area contributed by atoms with Crippen LogP contribution in [0.15, 0.2) is 52.0 Å². The van der Waals surface area contributed by atoms with Gasteiger partial charge in [0.15, 0.2) is 5.78 Å². The molecule has 1 atom stereocenters. The lowest BCUT2D eigenvalue weighted by atomic mass is 9.97. The molecule has 1 aromatic heterocycles. The van der Waals surface area contributed by atoms with Crippen molar-refractivity contribution >= 4 is 29.9 Å². The van der Waals surface area contributed by atoms with Crippen LogP contribution in [0, 0.1) is 0 Å². The van der Waals surface area contributed by atoms with Crippen LogP contribution < -0.4 is 16.0 Å². The van der Waals surface area contributed by atoms with E-state index in [0.29, 0.717) is 45.5 Å². The lowest BCUT2D eigenvalue weighted by molar-refractivity contribution is -0.110. The van der Waals surface area contributed by atoms with Gasteiger partial charge < -0.3 is 19.8 Å². The number of hydrogen-bond acceptors (Lipinski definition) is 6. The zero-order valence-electron chi connectivity index (χ0n) is 17.4. The maximum atomic E-state index is 12.9. The summed E-state index contributed by atoms with van der Waals surface area (Å²) in [6.45, 7) is 1.44. The lowest BCUT2D eigenvalue weighted by Crippen LogP contribution is -2.26. The van der Waals surface area contributed by atoms with Gasteiger partial charge in [-0.2, -0.15) is 0 Å². The van der Waals surface area contributed by atoms with E-state index in [2.05, 4.69) is 4.99 Å². The van der Waals surface area contributed by atoms with Gasteiger partial charge in [0.2, 0.25) is 0 Å². The van der Waals surface area contributed by atoms with Crippen molar-refractivity contribution in [1.29, 1.82) is 0 Å². The van der Waals surface area contributed by atoms with Gasteiger partial charge in [-0.3, -0.25) is 14.6 Å². The van der Waals surface area contributed by atoms with Gasteiger partial charge in [0.05, 0.1) is 25.4 Å². The third-order valence-corrected chi connectivity index (χ3v) is 5.24. The van der Waals surface area contributed by atoms with E-state index in [9.17, 15) is 14.4 Å². The number of aldehydes is 1. The number of aromatic nitrogens is 1. The largest absolute Gasteiger partial charge is 0.495 e. The molecule has 1 unspecified atom stereocenters. The zero-order chi connectivity index (χ0) is 22.5. The smallest absolute Gasteiger partial charge is 0.252 e. The Hall–Kier alpha value is -3.19. The molecule has 8 heteroatoms. The first kappa shape index (κ1) is 22.5. The van der Waals surface area contributed by atoms with Crippen LogP contribution in [-0.2, 0) is 4.79 Å². The molecule has 31 heavy (non-hydrogen) atoms. The van der Waals surface area contributed by atoms with E-state index in [-0.39, 0.29) is 12.2 Å². The van der Waals surface area contributed by atoms with Crippen LogP contribution in [0.4, 0.5) is 0 Å². The molecule has 1 aliphatic rings. The second-order valence-electron chi connectivity index (χ2n) is 7.43. The molecule has 1 aliphatic carbocycles. The highest BCUT2D eigenvalue weighted by Gasteiger charge is 2.20. The SMILES string of the molecule is COc1cn(C(C=O)CC(N)=CC=NC2CC2)c(=O)cc1-c1cc(Cl)ccc1C(C)=O. The second kappa shape index (κ2) is 9.75. The Morgan fingerprint density at radius 1 is 1.35 bits per heavy atom. The molecule has 0 amide bonds. The number of ether oxygens (including phenoxy) is 1. The number of carbonyl (C=O) groups excluding carboxylic acids is 2. The van der Waals surface area contributed by atoms with Crippen molar-refractivity contribution in [2.24, 2.45) is 10.7 Å². The summed E-state index contributed by atoms with van der Waals surface area (Å²) in [4.78, 5) is 41.0. The molecule has 0 aliphatic heterocycles. The molecule has 2 aromatic rings. The number of aliphatic imine (C=N–C) groups is 1. The average Bonchev–Trinajstić information content (AvgIpc) is 3.56. The monoisotopic (exact) mass is 441 g/mol. The molecule has 1 heterocycles. The first-order chi connectivity index (χ1) is 14.8. The van der Waals surface area contributed by atoms with Crippen LogP contribution in [0.5, 0.6) is 5.75 Å². The van der Waals surface area contributed by atoms with Gasteiger partial charge in [-0.15, -0.1) is 0 Å². The van der Waals surface area contributed by atoms with Gasteiger partial charge in [-0.25, -0.2) is 0 Å². The standard InChI is InChI=1S/C23H24ClN3O4/c1-14(29)19-6-3-15(24)9-20(19)21-11-23(30)27(12-22(21)31-2)18(13-28)10-16(25)7-8-26-17-4-5-17/h3,6-9,11-13,17-18H,4-5,10,25H2,1-2H3. The Labute approximate surface area is 185 Å². The topological polar surface area (TPSA) is 104 Å². The predicted octanol–water partition coefficient (Wildman–Crippen LogP) is 3.59. The molecule has 0 saturated heterocycles. The molecule has 0 radical (unpaired) electrons. The van der Waals surface area contributed by atoms with Gasteiger partial charge in [0.1, 0.15) is 12.0 Å². The van der Waals surface area contributed by atoms with Gasteiger partial charge in [-0.05, 0) is 49.6 Å². The molecule has 3 rings (SSSR count). The third-order valence-electron chi connectivity index (χ3n) is 5.01.